The van der Waals surface area contributed by atoms with Gasteiger partial charge in [0.15, 0.2) is 0 Å². The minimum Gasteiger partial charge on any atom is -0.491 e. The topological polar surface area (TPSA) is 64.3 Å². The van der Waals surface area contributed by atoms with Crippen molar-refractivity contribution in [2.45, 2.75) is 6.42 Å². The Bertz CT molecular complexity index is 649. The van der Waals surface area contributed by atoms with Crippen molar-refractivity contribution in [1.29, 1.82) is 0 Å². The van der Waals surface area contributed by atoms with Crippen LogP contribution in [0.1, 0.15) is 6.42 Å². The number of carbonyl (C=O) groups excluding carboxylic acids is 1. The van der Waals surface area contributed by atoms with E-state index in [2.05, 4.69) is 5.32 Å². The molecule has 0 atom stereocenters. The third-order valence-corrected chi connectivity index (χ3v) is 3.02. The van der Waals surface area contributed by atoms with Gasteiger partial charge in [0.05, 0.1) is 29.4 Å². The van der Waals surface area contributed by atoms with E-state index in [0.717, 1.165) is 6.07 Å². The van der Waals surface area contributed by atoms with E-state index in [1.54, 1.807) is 24.3 Å². The number of hydrogen-bond acceptors (Lipinski definition) is 3. The second-order valence-corrected chi connectivity index (χ2v) is 4.72. The molecule has 0 spiro atoms. The molecule has 1 amide bonds. The predicted octanol–water partition coefficient (Wildman–Crippen LogP) is 3.47. The molecule has 0 radical (unpaired) electrons. The monoisotopic (exact) mass is 308 g/mol. The van der Waals surface area contributed by atoms with E-state index in [9.17, 15) is 9.18 Å². The number of benzene rings is 2. The molecule has 3 N–H and O–H groups in total. The Morgan fingerprint density at radius 3 is 2.76 bits per heavy atom. The Morgan fingerprint density at radius 1 is 1.29 bits per heavy atom. The smallest absolute Gasteiger partial charge is 0.227 e. The van der Waals surface area contributed by atoms with Crippen molar-refractivity contribution in [1.82, 2.24) is 0 Å². The van der Waals surface area contributed by atoms with Gasteiger partial charge in [-0.05, 0) is 30.3 Å². The van der Waals surface area contributed by atoms with Crippen LogP contribution in [0.5, 0.6) is 5.75 Å². The van der Waals surface area contributed by atoms with Gasteiger partial charge in [0, 0.05) is 0 Å². The van der Waals surface area contributed by atoms with Gasteiger partial charge in [-0.3, -0.25) is 4.79 Å². The molecule has 0 bridgehead atoms. The largest absolute Gasteiger partial charge is 0.491 e. The van der Waals surface area contributed by atoms with E-state index in [0.29, 0.717) is 17.1 Å². The second-order valence-electron chi connectivity index (χ2n) is 4.31. The van der Waals surface area contributed by atoms with Gasteiger partial charge in [0.25, 0.3) is 0 Å². The highest BCUT2D eigenvalue weighted by molar-refractivity contribution is 6.33. The zero-order valence-corrected chi connectivity index (χ0v) is 11.9. The van der Waals surface area contributed by atoms with Crippen LogP contribution >= 0.6 is 11.6 Å². The summed E-state index contributed by atoms with van der Waals surface area (Å²) in [4.78, 5) is 11.7. The van der Waals surface area contributed by atoms with E-state index < -0.39 is 5.82 Å². The molecular formula is C15H14ClFN2O2. The van der Waals surface area contributed by atoms with Crippen LogP contribution in [0.3, 0.4) is 0 Å². The molecule has 4 nitrogen and oxygen atoms in total. The summed E-state index contributed by atoms with van der Waals surface area (Å²) in [5.41, 5.74) is 6.59. The molecule has 0 fully saturated rings. The molecule has 0 heterocycles. The van der Waals surface area contributed by atoms with Crippen molar-refractivity contribution in [3.63, 3.8) is 0 Å². The fourth-order valence-electron chi connectivity index (χ4n) is 1.67. The molecule has 2 aromatic carbocycles. The van der Waals surface area contributed by atoms with Crippen molar-refractivity contribution in [2.75, 3.05) is 17.7 Å². The Labute approximate surface area is 126 Å². The lowest BCUT2D eigenvalue weighted by molar-refractivity contribution is -0.116. The maximum absolute atomic E-state index is 12.9. The van der Waals surface area contributed by atoms with Gasteiger partial charge in [-0.15, -0.1) is 0 Å². The number of carbonyl (C=O) groups is 1. The first kappa shape index (κ1) is 15.1. The number of rotatable bonds is 5. The van der Waals surface area contributed by atoms with Gasteiger partial charge < -0.3 is 15.8 Å². The summed E-state index contributed by atoms with van der Waals surface area (Å²) in [7, 11) is 0. The Morgan fingerprint density at radius 2 is 2.05 bits per heavy atom. The van der Waals surface area contributed by atoms with Crippen LogP contribution in [0.4, 0.5) is 15.8 Å². The summed E-state index contributed by atoms with van der Waals surface area (Å²) in [5, 5.41) is 2.74. The molecule has 2 aromatic rings. The molecule has 0 aliphatic carbocycles. The first-order valence-corrected chi connectivity index (χ1v) is 6.66. The quantitative estimate of drug-likeness (QED) is 0.831. The van der Waals surface area contributed by atoms with Crippen molar-refractivity contribution >= 4 is 28.9 Å². The highest BCUT2D eigenvalue weighted by atomic mass is 35.5. The zero-order valence-electron chi connectivity index (χ0n) is 11.1. The van der Waals surface area contributed by atoms with Crippen molar-refractivity contribution in [3.05, 3.63) is 53.3 Å². The van der Waals surface area contributed by atoms with Gasteiger partial charge in [0.2, 0.25) is 5.91 Å². The summed E-state index contributed by atoms with van der Waals surface area (Å²) in [5.74, 6) is -0.205. The summed E-state index contributed by atoms with van der Waals surface area (Å²) >= 11 is 5.82. The van der Waals surface area contributed by atoms with Gasteiger partial charge in [-0.25, -0.2) is 4.39 Å². The zero-order chi connectivity index (χ0) is 15.2. The number of halogens is 2. The lowest BCUT2D eigenvalue weighted by Crippen LogP contribution is -2.15. The third-order valence-electron chi connectivity index (χ3n) is 2.71. The molecule has 0 aliphatic heterocycles. The average Bonchev–Trinajstić information content (AvgIpc) is 2.44. The number of nitrogens with two attached hydrogens (primary N) is 1. The summed E-state index contributed by atoms with van der Waals surface area (Å²) < 4.78 is 18.3. The van der Waals surface area contributed by atoms with Gasteiger partial charge >= 0.3 is 0 Å². The van der Waals surface area contributed by atoms with Crippen molar-refractivity contribution in [3.8, 4) is 5.75 Å². The predicted molar refractivity (Wildman–Crippen MR) is 81.0 cm³/mol. The molecular weight excluding hydrogens is 295 g/mol. The van der Waals surface area contributed by atoms with E-state index in [4.69, 9.17) is 22.1 Å². The first-order valence-electron chi connectivity index (χ1n) is 6.28. The number of ether oxygens (including phenoxy) is 1. The minimum absolute atomic E-state index is 0.127. The Kier molecular flexibility index (Phi) is 5.00. The van der Waals surface area contributed by atoms with Crippen molar-refractivity contribution in [2.24, 2.45) is 0 Å². The lowest BCUT2D eigenvalue weighted by atomic mass is 10.3. The third kappa shape index (κ3) is 4.36. The van der Waals surface area contributed by atoms with E-state index in [1.165, 1.54) is 12.1 Å². The van der Waals surface area contributed by atoms with Crippen molar-refractivity contribution < 1.29 is 13.9 Å². The van der Waals surface area contributed by atoms with Crippen LogP contribution in [0.25, 0.3) is 0 Å². The molecule has 0 saturated carbocycles. The molecule has 21 heavy (non-hydrogen) atoms. The summed E-state index contributed by atoms with van der Waals surface area (Å²) in [6, 6.07) is 10.8. The summed E-state index contributed by atoms with van der Waals surface area (Å²) in [6.07, 6.45) is 0.127. The number of anilines is 2. The van der Waals surface area contributed by atoms with Gasteiger partial charge in [-0.2, -0.15) is 0 Å². The van der Waals surface area contributed by atoms with E-state index >= 15 is 0 Å². The van der Waals surface area contributed by atoms with Crippen LogP contribution in [0.15, 0.2) is 42.5 Å². The highest BCUT2D eigenvalue weighted by Crippen LogP contribution is 2.23. The van der Waals surface area contributed by atoms with Gasteiger partial charge in [-0.1, -0.05) is 23.7 Å². The molecule has 0 saturated heterocycles. The number of nitrogens with one attached hydrogen (secondary N) is 1. The van der Waals surface area contributed by atoms with E-state index in [-0.39, 0.29) is 24.0 Å². The molecule has 2 rings (SSSR count). The molecule has 0 aromatic heterocycles. The second kappa shape index (κ2) is 6.95. The lowest BCUT2D eigenvalue weighted by Gasteiger charge is -2.09. The van der Waals surface area contributed by atoms with Gasteiger partial charge in [0.1, 0.15) is 11.6 Å². The van der Waals surface area contributed by atoms with E-state index in [1.807, 2.05) is 0 Å². The maximum atomic E-state index is 12.9. The normalized spacial score (nSPS) is 10.2. The minimum atomic E-state index is -0.458. The van der Waals surface area contributed by atoms with Crippen LogP contribution in [0.2, 0.25) is 5.02 Å². The molecule has 110 valence electrons. The number of nitrogen functional groups attached to an aromatic ring is 1. The number of para-hydroxylation sites is 2. The van der Waals surface area contributed by atoms with Crippen LogP contribution in [0, 0.1) is 5.82 Å². The fraction of sp³-hybridized carbons (Fsp3) is 0.133. The highest BCUT2D eigenvalue weighted by Gasteiger charge is 2.07. The molecule has 0 aliphatic rings. The first-order chi connectivity index (χ1) is 10.1. The van der Waals surface area contributed by atoms with Crippen LogP contribution in [-0.2, 0) is 4.79 Å². The average molecular weight is 309 g/mol. The Balaban J connectivity index is 1.84. The SMILES string of the molecule is Nc1ccccc1OCCC(=O)Nc1ccc(F)cc1Cl. The molecule has 0 unspecified atom stereocenters. The standard InChI is InChI=1S/C15H14ClFN2O2/c16-11-9-10(17)5-6-13(11)19-15(20)7-8-21-14-4-2-1-3-12(14)18/h1-6,9H,7-8,18H2,(H,19,20). The van der Waals surface area contributed by atoms with Crippen LogP contribution in [-0.4, -0.2) is 12.5 Å². The summed E-state index contributed by atoms with van der Waals surface area (Å²) in [6.45, 7) is 0.179. The number of hydrogen-bond donors (Lipinski definition) is 2. The Hall–Kier alpha value is -2.27. The molecule has 6 heteroatoms. The maximum Gasteiger partial charge on any atom is 0.227 e. The fourth-order valence-corrected chi connectivity index (χ4v) is 1.88. The number of amides is 1. The van der Waals surface area contributed by atoms with Crippen LogP contribution < -0.4 is 15.8 Å².